The molecule has 0 aliphatic carbocycles. The second kappa shape index (κ2) is 12.6. The highest BCUT2D eigenvalue weighted by Crippen LogP contribution is 2.42. The Kier molecular flexibility index (Phi) is 7.10. The van der Waals surface area contributed by atoms with Crippen molar-refractivity contribution >= 4 is 43.9 Å². The van der Waals surface area contributed by atoms with Crippen molar-refractivity contribution < 1.29 is 0 Å². The molecule has 0 aliphatic rings. The molecule has 0 saturated carbocycles. The summed E-state index contributed by atoms with van der Waals surface area (Å²) in [6, 6.07) is 68.8. The van der Waals surface area contributed by atoms with Gasteiger partial charge in [-0.1, -0.05) is 133 Å². The van der Waals surface area contributed by atoms with E-state index < -0.39 is 0 Å². The first-order chi connectivity index (χ1) is 27.3. The smallest absolute Gasteiger partial charge is 0.165 e. The minimum absolute atomic E-state index is 0.822. The van der Waals surface area contributed by atoms with Gasteiger partial charge in [0.05, 0.1) is 22.2 Å². The quantitative estimate of drug-likeness (QED) is 0.173. The van der Waals surface area contributed by atoms with Crippen molar-refractivity contribution in [2.75, 3.05) is 0 Å². The van der Waals surface area contributed by atoms with Crippen LogP contribution < -0.4 is 0 Å². The predicted molar refractivity (Wildman–Crippen MR) is 226 cm³/mol. The number of rotatable bonds is 6. The van der Waals surface area contributed by atoms with Gasteiger partial charge in [0.1, 0.15) is 11.3 Å². The van der Waals surface area contributed by atoms with E-state index in [4.69, 9.17) is 9.97 Å². The summed E-state index contributed by atoms with van der Waals surface area (Å²) in [6.45, 7) is 0. The molecule has 0 atom stereocenters. The minimum atomic E-state index is 0.822. The summed E-state index contributed by atoms with van der Waals surface area (Å²) in [5, 5.41) is 3.64. The maximum atomic E-state index is 5.33. The summed E-state index contributed by atoms with van der Waals surface area (Å²) in [6.07, 6.45) is 1.90. The molecule has 55 heavy (non-hydrogen) atoms. The van der Waals surface area contributed by atoms with Crippen LogP contribution >= 0.6 is 0 Å². The molecule has 0 bridgehead atoms. The number of fused-ring (bicyclic) bond motifs is 6. The van der Waals surface area contributed by atoms with E-state index in [-0.39, 0.29) is 0 Å². The second-order valence-corrected chi connectivity index (χ2v) is 13.9. The standard InChI is InChI=1S/C50H33N5/c1-5-16-34(17-6-1)46-33-43-45(53(46)37-21-9-3-10-22-37)29-28-42-41-26-13-14-27-44(41)54(48(42)43)39-25-15-20-36(32-39)40-30-31-51-50-47(40)52-49(35-18-7-2-8-19-35)55(50)38-23-11-4-12-24-38/h1-33H. The van der Waals surface area contributed by atoms with E-state index in [0.717, 1.165) is 67.5 Å². The van der Waals surface area contributed by atoms with E-state index >= 15 is 0 Å². The van der Waals surface area contributed by atoms with Crippen molar-refractivity contribution in [3.63, 3.8) is 0 Å². The highest BCUT2D eigenvalue weighted by Gasteiger charge is 2.22. The van der Waals surface area contributed by atoms with Gasteiger partial charge in [-0.25, -0.2) is 9.97 Å². The summed E-state index contributed by atoms with van der Waals surface area (Å²) in [7, 11) is 0. The fourth-order valence-corrected chi connectivity index (χ4v) is 8.31. The molecule has 0 amide bonds. The Morgan fingerprint density at radius 3 is 1.73 bits per heavy atom. The van der Waals surface area contributed by atoms with Crippen LogP contribution in [0.2, 0.25) is 0 Å². The Balaban J connectivity index is 1.17. The first-order valence-electron chi connectivity index (χ1n) is 18.6. The number of hydrogen-bond donors (Lipinski definition) is 0. The zero-order chi connectivity index (χ0) is 36.3. The largest absolute Gasteiger partial charge is 0.309 e. The van der Waals surface area contributed by atoms with Crippen LogP contribution in [0.3, 0.4) is 0 Å². The van der Waals surface area contributed by atoms with Crippen molar-refractivity contribution in [1.82, 2.24) is 23.7 Å². The molecule has 0 spiro atoms. The van der Waals surface area contributed by atoms with Gasteiger partial charge in [-0.3, -0.25) is 4.57 Å². The maximum absolute atomic E-state index is 5.33. The van der Waals surface area contributed by atoms with Gasteiger partial charge < -0.3 is 9.13 Å². The van der Waals surface area contributed by atoms with E-state index in [1.54, 1.807) is 0 Å². The average molecular weight is 704 g/mol. The molecule has 0 fully saturated rings. The summed E-state index contributed by atoms with van der Waals surface area (Å²) in [5.41, 5.74) is 13.9. The number of hydrogen-bond acceptors (Lipinski definition) is 2. The highest BCUT2D eigenvalue weighted by atomic mass is 15.1. The van der Waals surface area contributed by atoms with Crippen molar-refractivity contribution in [3.05, 3.63) is 200 Å². The first-order valence-corrected chi connectivity index (χ1v) is 18.6. The zero-order valence-electron chi connectivity index (χ0n) is 29.8. The SMILES string of the molecule is c1ccc(-c2cc3c(ccc4c5ccccc5n(-c5cccc(-c6ccnc7c6nc(-c6ccccc6)n7-c6ccccc6)c5)c43)n2-c2ccccc2)cc1. The van der Waals surface area contributed by atoms with Gasteiger partial charge in [0, 0.05) is 50.5 Å². The summed E-state index contributed by atoms with van der Waals surface area (Å²) >= 11 is 0. The molecule has 5 heteroatoms. The van der Waals surface area contributed by atoms with Crippen LogP contribution in [0.4, 0.5) is 0 Å². The van der Waals surface area contributed by atoms with E-state index in [0.29, 0.717) is 0 Å². The number of para-hydroxylation sites is 3. The lowest BCUT2D eigenvalue weighted by atomic mass is 10.0. The van der Waals surface area contributed by atoms with Crippen molar-refractivity contribution in [1.29, 1.82) is 0 Å². The minimum Gasteiger partial charge on any atom is -0.309 e. The van der Waals surface area contributed by atoms with Crippen molar-refractivity contribution in [2.45, 2.75) is 0 Å². The molecule has 7 aromatic carbocycles. The molecule has 4 aromatic heterocycles. The molecule has 0 saturated heterocycles. The maximum Gasteiger partial charge on any atom is 0.165 e. The lowest BCUT2D eigenvalue weighted by molar-refractivity contribution is 1.08. The third-order valence-corrected chi connectivity index (χ3v) is 10.7. The number of imidazole rings is 1. The molecule has 0 aliphatic heterocycles. The summed E-state index contributed by atoms with van der Waals surface area (Å²) < 4.78 is 7.00. The van der Waals surface area contributed by atoms with Gasteiger partial charge in [0.2, 0.25) is 0 Å². The van der Waals surface area contributed by atoms with Gasteiger partial charge in [-0.2, -0.15) is 0 Å². The molecule has 11 rings (SSSR count). The third kappa shape index (κ3) is 4.94. The Morgan fingerprint density at radius 1 is 0.382 bits per heavy atom. The number of benzene rings is 7. The molecule has 4 heterocycles. The topological polar surface area (TPSA) is 40.6 Å². The Labute approximate surface area is 317 Å². The van der Waals surface area contributed by atoms with Crippen molar-refractivity contribution in [2.24, 2.45) is 0 Å². The van der Waals surface area contributed by atoms with Crippen molar-refractivity contribution in [3.8, 4) is 50.8 Å². The van der Waals surface area contributed by atoms with E-state index in [9.17, 15) is 0 Å². The molecule has 0 unspecified atom stereocenters. The lowest BCUT2D eigenvalue weighted by Gasteiger charge is -2.12. The highest BCUT2D eigenvalue weighted by molar-refractivity contribution is 6.19. The summed E-state index contributed by atoms with van der Waals surface area (Å²) in [4.78, 5) is 10.3. The van der Waals surface area contributed by atoms with E-state index in [1.807, 2.05) is 18.3 Å². The first kappa shape index (κ1) is 31.1. The molecule has 0 radical (unpaired) electrons. The van der Waals surface area contributed by atoms with Crippen LogP contribution in [-0.4, -0.2) is 23.7 Å². The van der Waals surface area contributed by atoms with Gasteiger partial charge in [0.25, 0.3) is 0 Å². The summed E-state index contributed by atoms with van der Waals surface area (Å²) in [5.74, 6) is 0.861. The van der Waals surface area contributed by atoms with Crippen LogP contribution in [-0.2, 0) is 0 Å². The number of aromatic nitrogens is 5. The van der Waals surface area contributed by atoms with Gasteiger partial charge in [0.15, 0.2) is 5.65 Å². The molecule has 5 nitrogen and oxygen atoms in total. The zero-order valence-corrected chi connectivity index (χ0v) is 29.8. The molecular formula is C50H33N5. The van der Waals surface area contributed by atoms with E-state index in [2.05, 4.69) is 196 Å². The Morgan fingerprint density at radius 2 is 0.982 bits per heavy atom. The van der Waals surface area contributed by atoms with Gasteiger partial charge >= 0.3 is 0 Å². The Hall–Kier alpha value is -7.50. The fraction of sp³-hybridized carbons (Fsp3) is 0. The van der Waals surface area contributed by atoms with Crippen LogP contribution in [0, 0.1) is 0 Å². The van der Waals surface area contributed by atoms with Crippen LogP contribution in [0.15, 0.2) is 200 Å². The van der Waals surface area contributed by atoms with Crippen LogP contribution in [0.1, 0.15) is 0 Å². The fourth-order valence-electron chi connectivity index (χ4n) is 8.31. The lowest BCUT2D eigenvalue weighted by Crippen LogP contribution is -1.98. The average Bonchev–Trinajstić information content (AvgIpc) is 3.95. The van der Waals surface area contributed by atoms with E-state index in [1.165, 1.54) is 27.2 Å². The number of pyridine rings is 1. The predicted octanol–water partition coefficient (Wildman–Crippen LogP) is 12.5. The van der Waals surface area contributed by atoms with Gasteiger partial charge in [-0.15, -0.1) is 0 Å². The molecular weight excluding hydrogens is 671 g/mol. The third-order valence-electron chi connectivity index (χ3n) is 10.7. The normalized spacial score (nSPS) is 11.6. The molecule has 11 aromatic rings. The molecule has 258 valence electrons. The van der Waals surface area contributed by atoms with Gasteiger partial charge in [-0.05, 0) is 71.8 Å². The monoisotopic (exact) mass is 703 g/mol. The van der Waals surface area contributed by atoms with Crippen LogP contribution in [0.5, 0.6) is 0 Å². The second-order valence-electron chi connectivity index (χ2n) is 13.9. The Bertz CT molecular complexity index is 3180. The number of nitrogens with zero attached hydrogens (tertiary/aromatic N) is 5. The van der Waals surface area contributed by atoms with Crippen LogP contribution in [0.25, 0.3) is 94.7 Å². The molecule has 0 N–H and O–H groups in total.